The van der Waals surface area contributed by atoms with Crippen molar-refractivity contribution >= 4 is 12.1 Å². The second kappa shape index (κ2) is 4.23. The van der Waals surface area contributed by atoms with Crippen molar-refractivity contribution in [3.05, 3.63) is 42.1 Å². The summed E-state index contributed by atoms with van der Waals surface area (Å²) in [6.07, 6.45) is 4.43. The number of hydrogen-bond donors (Lipinski definition) is 2. The molecule has 2 heterocycles. The average Bonchev–Trinajstić information content (AvgIpc) is 2.90. The summed E-state index contributed by atoms with van der Waals surface area (Å²) in [6.45, 7) is 0. The molecule has 0 spiro atoms. The van der Waals surface area contributed by atoms with Crippen molar-refractivity contribution in [1.29, 1.82) is 0 Å². The van der Waals surface area contributed by atoms with Crippen molar-refractivity contribution in [3.8, 4) is 0 Å². The molecule has 6 nitrogen and oxygen atoms in total. The Labute approximate surface area is 85.0 Å². The molecule has 0 atom stereocenters. The molecule has 2 aromatic rings. The molecular weight excluding hydrogens is 196 g/mol. The zero-order valence-corrected chi connectivity index (χ0v) is 7.68. The molecule has 0 aliphatic heterocycles. The minimum atomic E-state index is -0.352. The van der Waals surface area contributed by atoms with E-state index in [0.717, 1.165) is 0 Å². The highest BCUT2D eigenvalue weighted by Gasteiger charge is 2.03. The van der Waals surface area contributed by atoms with Crippen molar-refractivity contribution in [3.63, 3.8) is 0 Å². The van der Waals surface area contributed by atoms with E-state index in [1.807, 2.05) is 0 Å². The molecule has 0 bridgehead atoms. The quantitative estimate of drug-likeness (QED) is 0.572. The van der Waals surface area contributed by atoms with Gasteiger partial charge in [-0.3, -0.25) is 9.89 Å². The topological polar surface area (TPSA) is 83.3 Å². The normalized spacial score (nSPS) is 10.7. The minimum absolute atomic E-state index is 0.352. The molecule has 1 amide bonds. The average molecular weight is 204 g/mol. The Balaban J connectivity index is 1.91. The maximum Gasteiger partial charge on any atom is 0.289 e. The summed E-state index contributed by atoms with van der Waals surface area (Å²) in [5, 5.41) is 9.87. The smallest absolute Gasteiger partial charge is 0.289 e. The van der Waals surface area contributed by atoms with Crippen LogP contribution in [0.25, 0.3) is 0 Å². The van der Waals surface area contributed by atoms with E-state index in [2.05, 4.69) is 20.7 Å². The van der Waals surface area contributed by atoms with E-state index in [1.54, 1.807) is 18.2 Å². The van der Waals surface area contributed by atoms with E-state index in [0.29, 0.717) is 11.5 Å². The predicted octanol–water partition coefficient (Wildman–Crippen LogP) is 0.767. The van der Waals surface area contributed by atoms with Crippen molar-refractivity contribution in [2.75, 3.05) is 0 Å². The number of furan rings is 1. The molecular formula is C9H8N4O2. The number of H-pyrrole nitrogens is 1. The highest BCUT2D eigenvalue weighted by atomic mass is 16.3. The number of amides is 1. The van der Waals surface area contributed by atoms with Gasteiger partial charge in [-0.15, -0.1) is 0 Å². The Morgan fingerprint density at radius 1 is 1.60 bits per heavy atom. The van der Waals surface area contributed by atoms with Crippen LogP contribution in [-0.2, 0) is 0 Å². The van der Waals surface area contributed by atoms with Crippen LogP contribution >= 0.6 is 0 Å². The van der Waals surface area contributed by atoms with Gasteiger partial charge in [0.1, 0.15) is 11.5 Å². The van der Waals surface area contributed by atoms with E-state index >= 15 is 0 Å². The van der Waals surface area contributed by atoms with Gasteiger partial charge >= 0.3 is 0 Å². The molecule has 0 aliphatic carbocycles. The lowest BCUT2D eigenvalue weighted by Crippen LogP contribution is -2.17. The number of carbonyl (C=O) groups excluding carboxylic acids is 1. The predicted molar refractivity (Wildman–Crippen MR) is 52.4 cm³/mol. The van der Waals surface area contributed by atoms with Crippen LogP contribution < -0.4 is 5.43 Å². The Bertz CT molecular complexity index is 444. The first-order chi connectivity index (χ1) is 7.36. The number of nitrogens with zero attached hydrogens (tertiary/aromatic N) is 2. The fraction of sp³-hybridized carbons (Fsp3) is 0. The van der Waals surface area contributed by atoms with Crippen LogP contribution in [0.2, 0.25) is 0 Å². The molecule has 6 heteroatoms. The second-order valence-corrected chi connectivity index (χ2v) is 2.68. The lowest BCUT2D eigenvalue weighted by molar-refractivity contribution is 0.0950. The van der Waals surface area contributed by atoms with Crippen molar-refractivity contribution < 1.29 is 9.21 Å². The van der Waals surface area contributed by atoms with Crippen molar-refractivity contribution in [2.45, 2.75) is 0 Å². The summed E-state index contributed by atoms with van der Waals surface area (Å²) in [7, 11) is 0. The first kappa shape index (κ1) is 9.20. The summed E-state index contributed by atoms with van der Waals surface area (Å²) < 4.78 is 4.99. The third-order valence-electron chi connectivity index (χ3n) is 1.65. The molecule has 0 aromatic carbocycles. The molecule has 0 unspecified atom stereocenters. The summed E-state index contributed by atoms with van der Waals surface area (Å²) in [4.78, 5) is 11.3. The SMILES string of the molecule is O=C(NN=Cc1ccco1)c1ccn[nH]1. The van der Waals surface area contributed by atoms with Gasteiger partial charge in [0, 0.05) is 6.20 Å². The fourth-order valence-electron chi connectivity index (χ4n) is 0.962. The molecule has 0 saturated carbocycles. The van der Waals surface area contributed by atoms with Crippen molar-refractivity contribution in [2.24, 2.45) is 5.10 Å². The van der Waals surface area contributed by atoms with E-state index < -0.39 is 0 Å². The van der Waals surface area contributed by atoms with Crippen LogP contribution in [0.15, 0.2) is 40.2 Å². The van der Waals surface area contributed by atoms with E-state index in [9.17, 15) is 4.79 Å². The van der Waals surface area contributed by atoms with Crippen LogP contribution in [0.4, 0.5) is 0 Å². The minimum Gasteiger partial charge on any atom is -0.463 e. The third-order valence-corrected chi connectivity index (χ3v) is 1.65. The highest BCUT2D eigenvalue weighted by Crippen LogP contribution is 1.95. The van der Waals surface area contributed by atoms with Gasteiger partial charge in [0.05, 0.1) is 12.5 Å². The first-order valence-electron chi connectivity index (χ1n) is 4.22. The van der Waals surface area contributed by atoms with Gasteiger partial charge in [0.15, 0.2) is 0 Å². The number of hydrazone groups is 1. The van der Waals surface area contributed by atoms with Crippen LogP contribution in [0.5, 0.6) is 0 Å². The van der Waals surface area contributed by atoms with Crippen LogP contribution in [0.1, 0.15) is 16.2 Å². The standard InChI is InChI=1S/C9H8N4O2/c14-9(8-3-4-10-12-8)13-11-6-7-2-1-5-15-7/h1-6H,(H,10,12)(H,13,14). The molecule has 0 radical (unpaired) electrons. The van der Waals surface area contributed by atoms with Gasteiger partial charge in [-0.05, 0) is 18.2 Å². The van der Waals surface area contributed by atoms with Crippen LogP contribution in [-0.4, -0.2) is 22.3 Å². The summed E-state index contributed by atoms with van der Waals surface area (Å²) >= 11 is 0. The molecule has 0 aliphatic rings. The summed E-state index contributed by atoms with van der Waals surface area (Å²) in [5.74, 6) is 0.218. The molecule has 2 rings (SSSR count). The summed E-state index contributed by atoms with van der Waals surface area (Å²) in [5.41, 5.74) is 2.68. The van der Waals surface area contributed by atoms with Gasteiger partial charge in [0.25, 0.3) is 5.91 Å². The van der Waals surface area contributed by atoms with Gasteiger partial charge in [0.2, 0.25) is 0 Å². The Morgan fingerprint density at radius 3 is 3.20 bits per heavy atom. The number of nitrogens with one attached hydrogen (secondary N) is 2. The number of hydrogen-bond acceptors (Lipinski definition) is 4. The van der Waals surface area contributed by atoms with Gasteiger partial charge in [-0.25, -0.2) is 5.43 Å². The van der Waals surface area contributed by atoms with Gasteiger partial charge < -0.3 is 4.42 Å². The van der Waals surface area contributed by atoms with E-state index in [4.69, 9.17) is 4.42 Å². The zero-order valence-electron chi connectivity index (χ0n) is 7.68. The van der Waals surface area contributed by atoms with Gasteiger partial charge in [-0.1, -0.05) is 0 Å². The second-order valence-electron chi connectivity index (χ2n) is 2.68. The molecule has 15 heavy (non-hydrogen) atoms. The van der Waals surface area contributed by atoms with Crippen LogP contribution in [0.3, 0.4) is 0 Å². The monoisotopic (exact) mass is 204 g/mol. The van der Waals surface area contributed by atoms with Gasteiger partial charge in [-0.2, -0.15) is 10.2 Å². The lowest BCUT2D eigenvalue weighted by atomic mass is 10.4. The zero-order chi connectivity index (χ0) is 10.5. The molecule has 2 N–H and O–H groups in total. The molecule has 0 saturated heterocycles. The largest absolute Gasteiger partial charge is 0.463 e. The highest BCUT2D eigenvalue weighted by molar-refractivity contribution is 5.92. The lowest BCUT2D eigenvalue weighted by Gasteiger charge is -1.93. The maximum atomic E-state index is 11.3. The number of aromatic nitrogens is 2. The number of aromatic amines is 1. The number of rotatable bonds is 3. The fourth-order valence-corrected chi connectivity index (χ4v) is 0.962. The molecule has 2 aromatic heterocycles. The number of carbonyl (C=O) groups is 1. The van der Waals surface area contributed by atoms with E-state index in [1.165, 1.54) is 18.7 Å². The maximum absolute atomic E-state index is 11.3. The van der Waals surface area contributed by atoms with Crippen LogP contribution in [0, 0.1) is 0 Å². The Kier molecular flexibility index (Phi) is 2.59. The van der Waals surface area contributed by atoms with E-state index in [-0.39, 0.29) is 5.91 Å². The first-order valence-corrected chi connectivity index (χ1v) is 4.22. The summed E-state index contributed by atoms with van der Waals surface area (Å²) in [6, 6.07) is 5.02. The van der Waals surface area contributed by atoms with Crippen molar-refractivity contribution in [1.82, 2.24) is 15.6 Å². The Hall–Kier alpha value is -2.37. The molecule has 76 valence electrons. The molecule has 0 fully saturated rings. The third kappa shape index (κ3) is 2.31. The Morgan fingerprint density at radius 2 is 2.53 bits per heavy atom.